The van der Waals surface area contributed by atoms with E-state index in [9.17, 15) is 0 Å². The molecule has 0 unspecified atom stereocenters. The molecule has 9 aromatic carbocycles. The van der Waals surface area contributed by atoms with Gasteiger partial charge >= 0.3 is 0 Å². The monoisotopic (exact) mass is 713 g/mol. The molecule has 0 spiro atoms. The molecular weight excluding hydrogens is 679 g/mol. The Bertz CT molecular complexity index is 2970. The molecule has 0 aliphatic carbocycles. The highest BCUT2D eigenvalue weighted by atomic mass is 15.0. The van der Waals surface area contributed by atoms with E-state index in [-0.39, 0.29) is 0 Å². The molecule has 0 aliphatic rings. The van der Waals surface area contributed by atoms with Crippen molar-refractivity contribution in [2.45, 2.75) is 0 Å². The molecule has 262 valence electrons. The van der Waals surface area contributed by atoms with Gasteiger partial charge in [0.1, 0.15) is 0 Å². The third kappa shape index (κ3) is 6.52. The number of hydrogen-bond donors (Lipinski definition) is 0. The lowest BCUT2D eigenvalue weighted by molar-refractivity contribution is 1.07. The van der Waals surface area contributed by atoms with Crippen molar-refractivity contribution >= 4 is 21.5 Å². The SMILES string of the molecule is c1ccc(-c2ccc(-c3nc(-c4ccc(-c5ccc(-c6cccc7ccccc67)cc5)cc4)nc(-c4ccc5cc(-c6ccccc6)ccc5c4)n3)cc2)cc1. The van der Waals surface area contributed by atoms with Gasteiger partial charge < -0.3 is 0 Å². The minimum Gasteiger partial charge on any atom is -0.208 e. The van der Waals surface area contributed by atoms with E-state index in [0.29, 0.717) is 17.5 Å². The van der Waals surface area contributed by atoms with Crippen molar-refractivity contribution in [1.82, 2.24) is 15.0 Å². The van der Waals surface area contributed by atoms with Gasteiger partial charge in [-0.1, -0.05) is 200 Å². The molecule has 0 fully saturated rings. The smallest absolute Gasteiger partial charge is 0.164 e. The molecule has 0 aliphatic heterocycles. The summed E-state index contributed by atoms with van der Waals surface area (Å²) in [6.45, 7) is 0. The maximum Gasteiger partial charge on any atom is 0.164 e. The summed E-state index contributed by atoms with van der Waals surface area (Å²) < 4.78 is 0. The van der Waals surface area contributed by atoms with Crippen molar-refractivity contribution in [2.75, 3.05) is 0 Å². The minimum absolute atomic E-state index is 0.634. The average molecular weight is 714 g/mol. The van der Waals surface area contributed by atoms with E-state index >= 15 is 0 Å². The van der Waals surface area contributed by atoms with Gasteiger partial charge in [0.25, 0.3) is 0 Å². The number of hydrogen-bond acceptors (Lipinski definition) is 3. The molecule has 3 heteroatoms. The molecule has 1 heterocycles. The Morgan fingerprint density at radius 3 is 1.16 bits per heavy atom. The maximum atomic E-state index is 5.09. The third-order valence-electron chi connectivity index (χ3n) is 10.6. The second-order valence-electron chi connectivity index (χ2n) is 14.1. The Morgan fingerprint density at radius 1 is 0.214 bits per heavy atom. The molecule has 10 aromatic rings. The summed E-state index contributed by atoms with van der Waals surface area (Å²) in [5.41, 5.74) is 12.3. The fraction of sp³-hybridized carbons (Fsp3) is 0. The van der Waals surface area contributed by atoms with Crippen molar-refractivity contribution in [3.05, 3.63) is 212 Å². The molecule has 3 nitrogen and oxygen atoms in total. The van der Waals surface area contributed by atoms with Crippen LogP contribution in [0.1, 0.15) is 0 Å². The lowest BCUT2D eigenvalue weighted by atomic mass is 9.96. The second kappa shape index (κ2) is 14.4. The highest BCUT2D eigenvalue weighted by molar-refractivity contribution is 5.97. The first-order valence-electron chi connectivity index (χ1n) is 18.9. The quantitative estimate of drug-likeness (QED) is 0.165. The van der Waals surface area contributed by atoms with Crippen molar-refractivity contribution in [3.8, 4) is 78.7 Å². The molecular formula is C53H35N3. The molecule has 0 amide bonds. The van der Waals surface area contributed by atoms with Crippen LogP contribution in [0.4, 0.5) is 0 Å². The number of fused-ring (bicyclic) bond motifs is 2. The van der Waals surface area contributed by atoms with Gasteiger partial charge in [-0.3, -0.25) is 0 Å². The van der Waals surface area contributed by atoms with Gasteiger partial charge in [-0.05, 0) is 78.2 Å². The van der Waals surface area contributed by atoms with Gasteiger partial charge in [0.05, 0.1) is 0 Å². The lowest BCUT2D eigenvalue weighted by Gasteiger charge is -2.11. The number of nitrogens with zero attached hydrogens (tertiary/aromatic N) is 3. The molecule has 1 aromatic heterocycles. The third-order valence-corrected chi connectivity index (χ3v) is 10.6. The predicted octanol–water partition coefficient (Wildman–Crippen LogP) is 13.8. The van der Waals surface area contributed by atoms with E-state index < -0.39 is 0 Å². The van der Waals surface area contributed by atoms with Crippen LogP contribution in [0.15, 0.2) is 212 Å². The van der Waals surface area contributed by atoms with E-state index in [0.717, 1.165) is 38.8 Å². The van der Waals surface area contributed by atoms with Gasteiger partial charge in [-0.2, -0.15) is 0 Å². The zero-order valence-electron chi connectivity index (χ0n) is 30.5. The first-order chi connectivity index (χ1) is 27.7. The van der Waals surface area contributed by atoms with Gasteiger partial charge in [0, 0.05) is 16.7 Å². The fourth-order valence-corrected chi connectivity index (χ4v) is 7.53. The number of rotatable bonds is 7. The van der Waals surface area contributed by atoms with Gasteiger partial charge in [-0.15, -0.1) is 0 Å². The van der Waals surface area contributed by atoms with E-state index in [1.54, 1.807) is 0 Å². The Labute approximate surface area is 326 Å². The van der Waals surface area contributed by atoms with Gasteiger partial charge in [-0.25, -0.2) is 15.0 Å². The van der Waals surface area contributed by atoms with Crippen LogP contribution in [0.2, 0.25) is 0 Å². The number of benzene rings is 9. The Morgan fingerprint density at radius 2 is 0.589 bits per heavy atom. The van der Waals surface area contributed by atoms with Crippen LogP contribution >= 0.6 is 0 Å². The zero-order chi connectivity index (χ0) is 37.3. The van der Waals surface area contributed by atoms with Crippen LogP contribution in [0, 0.1) is 0 Å². The van der Waals surface area contributed by atoms with Crippen LogP contribution in [0.25, 0.3) is 100 Å². The highest BCUT2D eigenvalue weighted by Crippen LogP contribution is 2.33. The summed E-state index contributed by atoms with van der Waals surface area (Å²) in [7, 11) is 0. The van der Waals surface area contributed by atoms with E-state index in [1.807, 2.05) is 12.1 Å². The first kappa shape index (κ1) is 33.1. The van der Waals surface area contributed by atoms with Crippen LogP contribution in [0.5, 0.6) is 0 Å². The summed E-state index contributed by atoms with van der Waals surface area (Å²) in [5.74, 6) is 1.91. The van der Waals surface area contributed by atoms with E-state index in [1.165, 1.54) is 44.0 Å². The lowest BCUT2D eigenvalue weighted by Crippen LogP contribution is -2.00. The fourth-order valence-electron chi connectivity index (χ4n) is 7.53. The largest absolute Gasteiger partial charge is 0.208 e. The molecule has 0 saturated carbocycles. The first-order valence-corrected chi connectivity index (χ1v) is 18.9. The van der Waals surface area contributed by atoms with Crippen molar-refractivity contribution in [2.24, 2.45) is 0 Å². The normalized spacial score (nSPS) is 11.2. The molecule has 10 rings (SSSR count). The summed E-state index contributed by atoms with van der Waals surface area (Å²) in [6, 6.07) is 74.8. The zero-order valence-corrected chi connectivity index (χ0v) is 30.5. The van der Waals surface area contributed by atoms with E-state index in [4.69, 9.17) is 15.0 Å². The minimum atomic E-state index is 0.634. The van der Waals surface area contributed by atoms with Gasteiger partial charge in [0.15, 0.2) is 17.5 Å². The maximum absolute atomic E-state index is 5.09. The van der Waals surface area contributed by atoms with Crippen LogP contribution in [0.3, 0.4) is 0 Å². The molecule has 0 N–H and O–H groups in total. The average Bonchev–Trinajstić information content (AvgIpc) is 3.29. The van der Waals surface area contributed by atoms with E-state index in [2.05, 4.69) is 200 Å². The van der Waals surface area contributed by atoms with Crippen LogP contribution in [-0.4, -0.2) is 15.0 Å². The molecule has 0 saturated heterocycles. The van der Waals surface area contributed by atoms with Gasteiger partial charge in [0.2, 0.25) is 0 Å². The summed E-state index contributed by atoms with van der Waals surface area (Å²) in [5, 5.41) is 4.81. The highest BCUT2D eigenvalue weighted by Gasteiger charge is 2.14. The molecule has 0 radical (unpaired) electrons. The van der Waals surface area contributed by atoms with Crippen molar-refractivity contribution < 1.29 is 0 Å². The van der Waals surface area contributed by atoms with Crippen molar-refractivity contribution in [3.63, 3.8) is 0 Å². The molecule has 0 atom stereocenters. The standard InChI is InChI=1S/C53H35N3/c1-3-10-36(11-4-1)38-20-26-43(27-21-38)51-54-52(56-53(55-51)48-33-32-46-34-45(30-31-47(46)35-48)37-12-5-2-6-13-37)44-28-22-40(23-29-44)39-18-24-42(25-19-39)50-17-9-15-41-14-7-8-16-49(41)50/h1-35H. The Hall–Kier alpha value is -7.49. The molecule has 56 heavy (non-hydrogen) atoms. The Balaban J connectivity index is 1.00. The second-order valence-corrected chi connectivity index (χ2v) is 14.1. The molecule has 0 bridgehead atoms. The number of aromatic nitrogens is 3. The summed E-state index contributed by atoms with van der Waals surface area (Å²) >= 11 is 0. The van der Waals surface area contributed by atoms with Crippen LogP contribution in [-0.2, 0) is 0 Å². The van der Waals surface area contributed by atoms with Crippen molar-refractivity contribution in [1.29, 1.82) is 0 Å². The summed E-state index contributed by atoms with van der Waals surface area (Å²) in [6.07, 6.45) is 0. The Kier molecular flexibility index (Phi) is 8.51. The van der Waals surface area contributed by atoms with Crippen LogP contribution < -0.4 is 0 Å². The predicted molar refractivity (Wildman–Crippen MR) is 233 cm³/mol. The summed E-state index contributed by atoms with van der Waals surface area (Å²) in [4.78, 5) is 15.2. The topological polar surface area (TPSA) is 38.7 Å².